The highest BCUT2D eigenvalue weighted by Crippen LogP contribution is 2.28. The van der Waals surface area contributed by atoms with E-state index in [4.69, 9.17) is 11.6 Å². The number of amides is 1. The number of carbonyl (C=O) groups is 1. The molecular weight excluding hydrogens is 374 g/mol. The molecule has 0 radical (unpaired) electrons. The van der Waals surface area contributed by atoms with Crippen molar-refractivity contribution in [3.05, 3.63) is 34.9 Å². The molecule has 6 nitrogen and oxygen atoms in total. The van der Waals surface area contributed by atoms with Crippen LogP contribution in [0.25, 0.3) is 0 Å². The van der Waals surface area contributed by atoms with Crippen molar-refractivity contribution in [1.29, 1.82) is 0 Å². The Labute approximate surface area is 173 Å². The zero-order valence-corrected chi connectivity index (χ0v) is 17.7. The maximum absolute atomic E-state index is 12.3. The lowest BCUT2D eigenvalue weighted by atomic mass is 9.84. The van der Waals surface area contributed by atoms with Crippen LogP contribution >= 0.6 is 11.6 Å². The smallest absolute Gasteiger partial charge is 0.225 e. The molecule has 0 bridgehead atoms. The van der Waals surface area contributed by atoms with Crippen LogP contribution in [0, 0.1) is 5.92 Å². The minimum absolute atomic E-state index is 0.117. The van der Waals surface area contributed by atoms with Gasteiger partial charge in [0.25, 0.3) is 0 Å². The highest BCUT2D eigenvalue weighted by atomic mass is 35.5. The predicted molar refractivity (Wildman–Crippen MR) is 115 cm³/mol. The first-order valence-corrected chi connectivity index (χ1v) is 10.7. The molecule has 28 heavy (non-hydrogen) atoms. The number of guanidine groups is 1. The number of nitrogens with zero attached hydrogens (tertiary/aromatic N) is 3. The standard InChI is InChI=1S/C21H32ClN5O/c1-16(18-7-4-8-19(22)15-18)25-21(23-2)24-9-10-26-11-13-27(14-12-26)20(28)17-5-3-6-17/h4,7-8,15-17H,3,5-6,9-14H2,1-2H3,(H2,23,24,25). The van der Waals surface area contributed by atoms with Gasteiger partial charge in [-0.05, 0) is 37.5 Å². The number of nitrogens with one attached hydrogen (secondary N) is 2. The molecule has 1 aromatic rings. The van der Waals surface area contributed by atoms with E-state index in [0.29, 0.717) is 11.8 Å². The van der Waals surface area contributed by atoms with E-state index in [9.17, 15) is 4.79 Å². The fourth-order valence-corrected chi connectivity index (χ4v) is 3.90. The van der Waals surface area contributed by atoms with Crippen molar-refractivity contribution in [3.8, 4) is 0 Å². The molecule has 0 aromatic heterocycles. The van der Waals surface area contributed by atoms with Gasteiger partial charge >= 0.3 is 0 Å². The van der Waals surface area contributed by atoms with Gasteiger partial charge < -0.3 is 15.5 Å². The molecule has 154 valence electrons. The molecule has 0 spiro atoms. The van der Waals surface area contributed by atoms with E-state index in [0.717, 1.165) is 68.7 Å². The molecule has 1 aromatic carbocycles. The van der Waals surface area contributed by atoms with Crippen LogP contribution in [0.15, 0.2) is 29.3 Å². The summed E-state index contributed by atoms with van der Waals surface area (Å²) in [5.41, 5.74) is 1.13. The molecule has 1 unspecified atom stereocenters. The van der Waals surface area contributed by atoms with Crippen LogP contribution in [-0.2, 0) is 4.79 Å². The monoisotopic (exact) mass is 405 g/mol. The maximum Gasteiger partial charge on any atom is 0.225 e. The van der Waals surface area contributed by atoms with Crippen LogP contribution in [0.5, 0.6) is 0 Å². The lowest BCUT2D eigenvalue weighted by molar-refractivity contribution is -0.139. The molecule has 2 fully saturated rings. The van der Waals surface area contributed by atoms with Crippen molar-refractivity contribution >= 4 is 23.5 Å². The Morgan fingerprint density at radius 3 is 2.64 bits per heavy atom. The third-order valence-electron chi connectivity index (χ3n) is 5.78. The second-order valence-corrected chi connectivity index (χ2v) is 8.15. The zero-order valence-electron chi connectivity index (χ0n) is 17.0. The SMILES string of the molecule is CN=C(NCCN1CCN(C(=O)C2CCC2)CC1)NC(C)c1cccc(Cl)c1. The number of hydrogen-bond donors (Lipinski definition) is 2. The third kappa shape index (κ3) is 5.61. The summed E-state index contributed by atoms with van der Waals surface area (Å²) in [6.07, 6.45) is 3.39. The van der Waals surface area contributed by atoms with Gasteiger partial charge in [-0.2, -0.15) is 0 Å². The molecule has 3 rings (SSSR count). The van der Waals surface area contributed by atoms with Gasteiger partial charge in [0.1, 0.15) is 0 Å². The van der Waals surface area contributed by atoms with Gasteiger partial charge in [0.15, 0.2) is 5.96 Å². The number of rotatable bonds is 6. The lowest BCUT2D eigenvalue weighted by Crippen LogP contribution is -2.52. The summed E-state index contributed by atoms with van der Waals surface area (Å²) in [5.74, 6) is 1.47. The second-order valence-electron chi connectivity index (χ2n) is 7.71. The summed E-state index contributed by atoms with van der Waals surface area (Å²) < 4.78 is 0. The van der Waals surface area contributed by atoms with Gasteiger partial charge in [0.2, 0.25) is 5.91 Å². The fraction of sp³-hybridized carbons (Fsp3) is 0.619. The first-order chi connectivity index (χ1) is 13.6. The van der Waals surface area contributed by atoms with Crippen molar-refractivity contribution < 1.29 is 4.79 Å². The molecule has 1 amide bonds. The zero-order chi connectivity index (χ0) is 19.9. The van der Waals surface area contributed by atoms with Crippen molar-refractivity contribution in [2.45, 2.75) is 32.2 Å². The summed E-state index contributed by atoms with van der Waals surface area (Å²) in [5, 5.41) is 7.53. The van der Waals surface area contributed by atoms with Gasteiger partial charge in [-0.15, -0.1) is 0 Å². The minimum Gasteiger partial charge on any atom is -0.355 e. The summed E-state index contributed by atoms with van der Waals surface area (Å²) in [6, 6.07) is 7.98. The van der Waals surface area contributed by atoms with Crippen LogP contribution in [0.3, 0.4) is 0 Å². The molecule has 1 heterocycles. The first kappa shape index (κ1) is 20.9. The minimum atomic E-state index is 0.117. The normalized spacial score (nSPS) is 19.8. The average Bonchev–Trinajstić information content (AvgIpc) is 2.66. The van der Waals surface area contributed by atoms with E-state index < -0.39 is 0 Å². The quantitative estimate of drug-likeness (QED) is 0.564. The van der Waals surface area contributed by atoms with Gasteiger partial charge in [-0.25, -0.2) is 0 Å². The molecule has 1 saturated heterocycles. The molecule has 1 aliphatic heterocycles. The summed E-state index contributed by atoms with van der Waals surface area (Å²) in [4.78, 5) is 21.1. The van der Waals surface area contributed by atoms with Gasteiger partial charge in [0.05, 0.1) is 6.04 Å². The molecule has 1 atom stereocenters. The second kappa shape index (κ2) is 10.1. The van der Waals surface area contributed by atoms with Crippen molar-refractivity contribution in [2.75, 3.05) is 46.3 Å². The maximum atomic E-state index is 12.3. The Kier molecular flexibility index (Phi) is 7.57. The predicted octanol–water partition coefficient (Wildman–Crippen LogP) is 2.51. The number of halogens is 1. The van der Waals surface area contributed by atoms with E-state index in [-0.39, 0.29) is 6.04 Å². The van der Waals surface area contributed by atoms with Crippen LogP contribution in [0.4, 0.5) is 0 Å². The summed E-state index contributed by atoms with van der Waals surface area (Å²) in [6.45, 7) is 7.46. The number of piperazine rings is 1. The number of aliphatic imine (C=N–C) groups is 1. The largest absolute Gasteiger partial charge is 0.355 e. The van der Waals surface area contributed by atoms with Crippen molar-refractivity contribution in [2.24, 2.45) is 10.9 Å². The van der Waals surface area contributed by atoms with Crippen LogP contribution in [-0.4, -0.2) is 68.0 Å². The molecular formula is C21H32ClN5O. The molecule has 2 N–H and O–H groups in total. The molecule has 7 heteroatoms. The van der Waals surface area contributed by atoms with Gasteiger partial charge in [-0.1, -0.05) is 30.2 Å². The Bertz CT molecular complexity index is 683. The molecule has 1 saturated carbocycles. The molecule has 1 aliphatic carbocycles. The first-order valence-electron chi connectivity index (χ1n) is 10.3. The average molecular weight is 406 g/mol. The summed E-state index contributed by atoms with van der Waals surface area (Å²) in [7, 11) is 1.78. The topological polar surface area (TPSA) is 60.0 Å². The molecule has 2 aliphatic rings. The highest BCUT2D eigenvalue weighted by Gasteiger charge is 2.30. The van der Waals surface area contributed by atoms with Gasteiger partial charge in [-0.3, -0.25) is 14.7 Å². The Morgan fingerprint density at radius 2 is 2.04 bits per heavy atom. The Morgan fingerprint density at radius 1 is 1.29 bits per heavy atom. The van der Waals surface area contributed by atoms with Crippen LogP contribution in [0.1, 0.15) is 37.8 Å². The third-order valence-corrected chi connectivity index (χ3v) is 6.02. The van der Waals surface area contributed by atoms with E-state index in [1.165, 1.54) is 6.42 Å². The summed E-state index contributed by atoms with van der Waals surface area (Å²) >= 11 is 6.08. The van der Waals surface area contributed by atoms with Crippen molar-refractivity contribution in [1.82, 2.24) is 20.4 Å². The Hall–Kier alpha value is -1.79. The van der Waals surface area contributed by atoms with E-state index in [1.54, 1.807) is 7.05 Å². The van der Waals surface area contributed by atoms with Crippen molar-refractivity contribution in [3.63, 3.8) is 0 Å². The number of hydrogen-bond acceptors (Lipinski definition) is 3. The van der Waals surface area contributed by atoms with Crippen LogP contribution in [0.2, 0.25) is 5.02 Å². The highest BCUT2D eigenvalue weighted by molar-refractivity contribution is 6.30. The van der Waals surface area contributed by atoms with Crippen LogP contribution < -0.4 is 10.6 Å². The number of carbonyl (C=O) groups excluding carboxylic acids is 1. The van der Waals surface area contributed by atoms with E-state index >= 15 is 0 Å². The fourth-order valence-electron chi connectivity index (χ4n) is 3.70. The van der Waals surface area contributed by atoms with Gasteiger partial charge in [0, 0.05) is 57.3 Å². The van der Waals surface area contributed by atoms with E-state index in [2.05, 4.69) is 38.4 Å². The number of benzene rings is 1. The Balaban J connectivity index is 1.36. The van der Waals surface area contributed by atoms with E-state index in [1.807, 2.05) is 18.2 Å². The lowest BCUT2D eigenvalue weighted by Gasteiger charge is -2.38.